The molecule has 1 aromatic heterocycles. The van der Waals surface area contributed by atoms with Gasteiger partial charge in [-0.25, -0.2) is 4.39 Å². The van der Waals surface area contributed by atoms with E-state index in [1.54, 1.807) is 19.1 Å². The summed E-state index contributed by atoms with van der Waals surface area (Å²) in [6.07, 6.45) is -0.433. The fourth-order valence-electron chi connectivity index (χ4n) is 3.68. The van der Waals surface area contributed by atoms with E-state index in [-0.39, 0.29) is 34.8 Å². The smallest absolute Gasteiger partial charge is 0.320 e. The highest BCUT2D eigenvalue weighted by molar-refractivity contribution is 6.33. The van der Waals surface area contributed by atoms with Crippen molar-refractivity contribution in [3.05, 3.63) is 62.7 Å². The van der Waals surface area contributed by atoms with Gasteiger partial charge < -0.3 is 25.5 Å². The van der Waals surface area contributed by atoms with Crippen LogP contribution < -0.4 is 16.6 Å². The molecule has 0 bridgehead atoms. The minimum absolute atomic E-state index is 0.0121. The molecule has 1 fully saturated rings. The molecule has 3 atom stereocenters. The number of H-pyrrole nitrogens is 1. The van der Waals surface area contributed by atoms with E-state index in [1.165, 1.54) is 25.3 Å². The molecule has 9 nitrogen and oxygen atoms in total. The predicted octanol–water partition coefficient (Wildman–Crippen LogP) is 1.87. The molecule has 0 radical (unpaired) electrons. The number of amides is 1. The summed E-state index contributed by atoms with van der Waals surface area (Å²) >= 11 is 5.91. The number of rotatable bonds is 7. The average Bonchev–Trinajstić information content (AvgIpc) is 2.77. The Balaban J connectivity index is 1.55. The van der Waals surface area contributed by atoms with Crippen LogP contribution in [0.15, 0.2) is 35.1 Å². The number of carbonyl (C=O) groups is 2. The maximum Gasteiger partial charge on any atom is 0.320 e. The Bertz CT molecular complexity index is 1060. The van der Waals surface area contributed by atoms with E-state index in [4.69, 9.17) is 26.8 Å². The molecule has 33 heavy (non-hydrogen) atoms. The van der Waals surface area contributed by atoms with Crippen molar-refractivity contribution in [2.24, 2.45) is 0 Å². The number of methoxy groups -OCH3 is 1. The molecule has 4 N–H and O–H groups in total. The Kier molecular flexibility index (Phi) is 8.06. The Morgan fingerprint density at radius 3 is 2.73 bits per heavy atom. The van der Waals surface area contributed by atoms with Crippen molar-refractivity contribution in [3.8, 4) is 0 Å². The minimum atomic E-state index is -0.640. The summed E-state index contributed by atoms with van der Waals surface area (Å²) in [5.41, 5.74) is 5.45. The van der Waals surface area contributed by atoms with Gasteiger partial charge >= 0.3 is 5.97 Å². The molecule has 1 unspecified atom stereocenters. The largest absolute Gasteiger partial charge is 0.457 e. The molecule has 178 valence electrons. The zero-order valence-corrected chi connectivity index (χ0v) is 19.0. The number of piperidine rings is 1. The summed E-state index contributed by atoms with van der Waals surface area (Å²) in [6.45, 7) is 2.64. The van der Waals surface area contributed by atoms with Gasteiger partial charge in [-0.05, 0) is 37.1 Å². The number of ether oxygens (including phenoxy) is 2. The van der Waals surface area contributed by atoms with E-state index in [0.29, 0.717) is 25.1 Å². The van der Waals surface area contributed by atoms with E-state index < -0.39 is 29.6 Å². The molecule has 0 saturated carbocycles. The number of nitrogen functional groups attached to an aromatic ring is 1. The van der Waals surface area contributed by atoms with Gasteiger partial charge in [-0.2, -0.15) is 0 Å². The topological polar surface area (TPSA) is 127 Å². The first kappa shape index (κ1) is 24.7. The molecule has 1 aliphatic rings. The Labute approximate surface area is 195 Å². The van der Waals surface area contributed by atoms with Crippen LogP contribution in [-0.4, -0.2) is 60.7 Å². The number of esters is 1. The maximum atomic E-state index is 13.1. The molecule has 2 heterocycles. The van der Waals surface area contributed by atoms with Crippen LogP contribution in [0.3, 0.4) is 0 Å². The van der Waals surface area contributed by atoms with Crippen molar-refractivity contribution in [2.75, 3.05) is 32.5 Å². The summed E-state index contributed by atoms with van der Waals surface area (Å²) in [6, 6.07) is 6.62. The summed E-state index contributed by atoms with van der Waals surface area (Å²) in [4.78, 5) is 41.2. The number of nitrogens with one attached hydrogen (secondary N) is 2. The SMILES string of the molecule is CO[C@@H]1CN(CC(=O)OC(C)c2ccc(F)cc2)CC[C@@H]1NC(=O)c1cc(Cl)c(N)[nH]c1=O. The number of nitrogens with zero attached hydrogens (tertiary/aromatic N) is 1. The fourth-order valence-corrected chi connectivity index (χ4v) is 3.84. The van der Waals surface area contributed by atoms with E-state index >= 15 is 0 Å². The molecule has 1 aromatic carbocycles. The maximum absolute atomic E-state index is 13.1. The van der Waals surface area contributed by atoms with Crippen molar-refractivity contribution < 1.29 is 23.5 Å². The van der Waals surface area contributed by atoms with Crippen LogP contribution >= 0.6 is 11.6 Å². The molecular weight excluding hydrogens is 455 g/mol. The lowest BCUT2D eigenvalue weighted by atomic mass is 10.0. The van der Waals surface area contributed by atoms with Gasteiger partial charge in [0.15, 0.2) is 0 Å². The zero-order chi connectivity index (χ0) is 24.1. The Morgan fingerprint density at radius 2 is 2.06 bits per heavy atom. The van der Waals surface area contributed by atoms with Gasteiger partial charge in [-0.3, -0.25) is 19.3 Å². The molecule has 11 heteroatoms. The molecular formula is C22H26ClFN4O5. The number of benzene rings is 1. The first-order chi connectivity index (χ1) is 15.7. The van der Waals surface area contributed by atoms with Crippen LogP contribution in [0, 0.1) is 5.82 Å². The molecule has 1 saturated heterocycles. The fraction of sp³-hybridized carbons (Fsp3) is 0.409. The lowest BCUT2D eigenvalue weighted by Gasteiger charge is -2.37. The molecule has 1 aliphatic heterocycles. The van der Waals surface area contributed by atoms with Gasteiger partial charge in [0.25, 0.3) is 11.5 Å². The zero-order valence-electron chi connectivity index (χ0n) is 18.3. The third kappa shape index (κ3) is 6.31. The van der Waals surface area contributed by atoms with Gasteiger partial charge in [0.05, 0.1) is 23.7 Å². The summed E-state index contributed by atoms with van der Waals surface area (Å²) in [5, 5.41) is 2.87. The second-order valence-electron chi connectivity index (χ2n) is 7.84. The monoisotopic (exact) mass is 480 g/mol. The predicted molar refractivity (Wildman–Crippen MR) is 121 cm³/mol. The second-order valence-corrected chi connectivity index (χ2v) is 8.24. The van der Waals surface area contributed by atoms with Gasteiger partial charge in [0.2, 0.25) is 0 Å². The van der Waals surface area contributed by atoms with Crippen LogP contribution in [0.4, 0.5) is 10.2 Å². The molecule has 3 rings (SSSR count). The van der Waals surface area contributed by atoms with Gasteiger partial charge in [-0.1, -0.05) is 23.7 Å². The van der Waals surface area contributed by atoms with Gasteiger partial charge in [0, 0.05) is 20.2 Å². The number of aromatic nitrogens is 1. The lowest BCUT2D eigenvalue weighted by Crippen LogP contribution is -2.56. The summed E-state index contributed by atoms with van der Waals surface area (Å²) in [7, 11) is 1.51. The van der Waals surface area contributed by atoms with Crippen molar-refractivity contribution in [1.82, 2.24) is 15.2 Å². The van der Waals surface area contributed by atoms with E-state index in [0.717, 1.165) is 0 Å². The normalized spacial score (nSPS) is 19.6. The summed E-state index contributed by atoms with van der Waals surface area (Å²) in [5.74, 6) is -1.39. The highest BCUT2D eigenvalue weighted by Gasteiger charge is 2.32. The van der Waals surface area contributed by atoms with E-state index in [1.807, 2.05) is 4.90 Å². The number of nitrogens with two attached hydrogens (primary N) is 1. The number of aromatic amines is 1. The third-order valence-corrected chi connectivity index (χ3v) is 5.84. The molecule has 1 amide bonds. The van der Waals surface area contributed by atoms with Crippen molar-refractivity contribution in [1.29, 1.82) is 0 Å². The second kappa shape index (κ2) is 10.8. The van der Waals surface area contributed by atoms with E-state index in [2.05, 4.69) is 10.3 Å². The number of hydrogen-bond acceptors (Lipinski definition) is 7. The molecule has 0 aliphatic carbocycles. The highest BCUT2D eigenvalue weighted by atomic mass is 35.5. The molecule has 2 aromatic rings. The van der Waals surface area contributed by atoms with Gasteiger partial charge in [-0.15, -0.1) is 0 Å². The first-order valence-electron chi connectivity index (χ1n) is 10.4. The van der Waals surface area contributed by atoms with Crippen molar-refractivity contribution in [3.63, 3.8) is 0 Å². The van der Waals surface area contributed by atoms with Crippen LogP contribution in [-0.2, 0) is 14.3 Å². The van der Waals surface area contributed by atoms with Crippen molar-refractivity contribution in [2.45, 2.75) is 31.6 Å². The average molecular weight is 481 g/mol. The van der Waals surface area contributed by atoms with Crippen LogP contribution in [0.5, 0.6) is 0 Å². The lowest BCUT2D eigenvalue weighted by molar-refractivity contribution is -0.151. The standard InChI is InChI=1S/C22H26ClFN4O5/c1-12(13-3-5-14(24)6-4-13)33-19(29)11-28-8-7-17(18(10-28)32-2)26-21(30)15-9-16(23)20(25)27-22(15)31/h3-6,9,12,17-18H,7-8,10-11H2,1-2H3,(H,26,30)(H3,25,27,31)/t12?,17-,18+/m0/s1. The van der Waals surface area contributed by atoms with Gasteiger partial charge in [0.1, 0.15) is 23.3 Å². The van der Waals surface area contributed by atoms with Crippen molar-refractivity contribution >= 4 is 29.3 Å². The highest BCUT2D eigenvalue weighted by Crippen LogP contribution is 2.19. The first-order valence-corrected chi connectivity index (χ1v) is 10.7. The third-order valence-electron chi connectivity index (χ3n) is 5.53. The van der Waals surface area contributed by atoms with Crippen LogP contribution in [0.1, 0.15) is 35.4 Å². The quantitative estimate of drug-likeness (QED) is 0.516. The number of anilines is 1. The summed E-state index contributed by atoms with van der Waals surface area (Å²) < 4.78 is 24.0. The number of likely N-dealkylation sites (tertiary alicyclic amines) is 1. The Hall–Kier alpha value is -2.95. The number of carbonyl (C=O) groups excluding carboxylic acids is 2. The minimum Gasteiger partial charge on any atom is -0.457 e. The Morgan fingerprint density at radius 1 is 1.36 bits per heavy atom. The molecule has 0 spiro atoms. The van der Waals surface area contributed by atoms with Crippen LogP contribution in [0.2, 0.25) is 5.02 Å². The number of hydrogen-bond donors (Lipinski definition) is 3. The number of pyridine rings is 1. The van der Waals surface area contributed by atoms with E-state index in [9.17, 15) is 18.8 Å². The van der Waals surface area contributed by atoms with Crippen LogP contribution in [0.25, 0.3) is 0 Å². The number of halogens is 2.